The Balaban J connectivity index is 1.02. The van der Waals surface area contributed by atoms with Crippen LogP contribution < -0.4 is 0 Å². The molecule has 52 heavy (non-hydrogen) atoms. The van der Waals surface area contributed by atoms with Crippen molar-refractivity contribution in [3.63, 3.8) is 0 Å². The summed E-state index contributed by atoms with van der Waals surface area (Å²) in [6, 6.07) is 57.9. The fraction of sp³-hybridized carbons (Fsp3) is 0. The van der Waals surface area contributed by atoms with Gasteiger partial charge in [0.1, 0.15) is 0 Å². The van der Waals surface area contributed by atoms with Crippen molar-refractivity contribution in [2.45, 2.75) is 0 Å². The van der Waals surface area contributed by atoms with Crippen molar-refractivity contribution in [3.8, 4) is 33.6 Å². The van der Waals surface area contributed by atoms with E-state index in [0.717, 1.165) is 77.0 Å². The van der Waals surface area contributed by atoms with Gasteiger partial charge in [-0.2, -0.15) is 0 Å². The molecule has 240 valence electrons. The number of pyridine rings is 4. The largest absolute Gasteiger partial charge is 0.254 e. The predicted molar refractivity (Wildman–Crippen MR) is 216 cm³/mol. The Labute approximate surface area is 298 Å². The Bertz CT molecular complexity index is 3240. The van der Waals surface area contributed by atoms with Crippen LogP contribution in [0.2, 0.25) is 0 Å². The van der Waals surface area contributed by atoms with Crippen molar-refractivity contribution in [2.24, 2.45) is 0 Å². The van der Waals surface area contributed by atoms with Gasteiger partial charge in [-0.05, 0) is 63.5 Å². The number of para-hydroxylation sites is 1. The molecule has 0 atom stereocenters. The number of rotatable bonds is 3. The lowest BCUT2D eigenvalue weighted by molar-refractivity contribution is 1.37. The van der Waals surface area contributed by atoms with Gasteiger partial charge in [-0.25, -0.2) is 15.0 Å². The van der Waals surface area contributed by atoms with Crippen LogP contribution in [-0.4, -0.2) is 19.9 Å². The van der Waals surface area contributed by atoms with Crippen molar-refractivity contribution < 1.29 is 0 Å². The maximum atomic E-state index is 5.30. The van der Waals surface area contributed by atoms with Crippen molar-refractivity contribution >= 4 is 76.1 Å². The molecule has 0 aliphatic rings. The molecule has 0 bridgehead atoms. The number of hydrogen-bond acceptors (Lipinski definition) is 4. The minimum Gasteiger partial charge on any atom is -0.254 e. The standard InChI is InChI=1S/C48H28N4/c1-2-7-29(8-3-1)44-39-10-4-5-11-43(39)52-48-40(44)23-16-32-20-25-42(51-47(32)48)36-18-22-38-34(28-36)15-14-33-27-35(17-21-37(33)38)41-24-19-31-13-12-30-9-6-26-49-45(30)46(31)50-41/h1-28H. The van der Waals surface area contributed by atoms with E-state index in [1.165, 1.54) is 32.7 Å². The molecule has 0 radical (unpaired) electrons. The van der Waals surface area contributed by atoms with Crippen LogP contribution in [0.4, 0.5) is 0 Å². The van der Waals surface area contributed by atoms with E-state index in [1.807, 2.05) is 12.3 Å². The summed E-state index contributed by atoms with van der Waals surface area (Å²) in [5.41, 5.74) is 11.1. The van der Waals surface area contributed by atoms with Crippen molar-refractivity contribution in [1.82, 2.24) is 19.9 Å². The van der Waals surface area contributed by atoms with Gasteiger partial charge in [0, 0.05) is 49.8 Å². The summed E-state index contributed by atoms with van der Waals surface area (Å²) in [5.74, 6) is 0. The van der Waals surface area contributed by atoms with Crippen LogP contribution in [0, 0.1) is 0 Å². The molecule has 0 spiro atoms. The van der Waals surface area contributed by atoms with Crippen LogP contribution in [0.15, 0.2) is 170 Å². The molecule has 11 aromatic rings. The van der Waals surface area contributed by atoms with Gasteiger partial charge >= 0.3 is 0 Å². The first kappa shape index (κ1) is 28.8. The first-order valence-corrected chi connectivity index (χ1v) is 17.5. The molecule has 4 aromatic heterocycles. The van der Waals surface area contributed by atoms with E-state index in [0.29, 0.717) is 0 Å². The second-order valence-corrected chi connectivity index (χ2v) is 13.4. The van der Waals surface area contributed by atoms with Gasteiger partial charge in [-0.3, -0.25) is 4.98 Å². The van der Waals surface area contributed by atoms with E-state index in [4.69, 9.17) is 15.0 Å². The summed E-state index contributed by atoms with van der Waals surface area (Å²) in [6.07, 6.45) is 1.83. The van der Waals surface area contributed by atoms with Crippen molar-refractivity contribution in [3.05, 3.63) is 170 Å². The molecule has 7 aromatic carbocycles. The fourth-order valence-corrected chi connectivity index (χ4v) is 7.89. The van der Waals surface area contributed by atoms with E-state index < -0.39 is 0 Å². The van der Waals surface area contributed by atoms with E-state index in [1.54, 1.807) is 0 Å². The number of benzene rings is 7. The number of fused-ring (bicyclic) bond motifs is 10. The highest BCUT2D eigenvalue weighted by Crippen LogP contribution is 2.38. The Kier molecular flexibility index (Phi) is 6.22. The highest BCUT2D eigenvalue weighted by atomic mass is 14.8. The van der Waals surface area contributed by atoms with Gasteiger partial charge in [0.25, 0.3) is 0 Å². The number of nitrogens with zero attached hydrogens (tertiary/aromatic N) is 4. The molecule has 4 heterocycles. The second-order valence-electron chi connectivity index (χ2n) is 13.4. The molecule has 0 saturated carbocycles. The van der Waals surface area contributed by atoms with Crippen LogP contribution in [0.25, 0.3) is 110 Å². The Morgan fingerprint density at radius 1 is 0.308 bits per heavy atom. The average Bonchev–Trinajstić information content (AvgIpc) is 3.22. The smallest absolute Gasteiger partial charge is 0.0978 e. The van der Waals surface area contributed by atoms with Crippen LogP contribution in [0.1, 0.15) is 0 Å². The SMILES string of the molecule is c1ccc(-c2c3ccccc3nc3c2ccc2ccc(-c4ccc5c(ccc6cc(-c7ccc8ccc9cccnc9c8n7)ccc65)c4)nc23)cc1. The third-order valence-electron chi connectivity index (χ3n) is 10.4. The normalized spacial score (nSPS) is 11.8. The summed E-state index contributed by atoms with van der Waals surface area (Å²) in [5, 5.41) is 10.3. The molecule has 0 aliphatic heterocycles. The number of hydrogen-bond donors (Lipinski definition) is 0. The molecule has 4 nitrogen and oxygen atoms in total. The van der Waals surface area contributed by atoms with Gasteiger partial charge in [0.05, 0.1) is 39.0 Å². The maximum absolute atomic E-state index is 5.30. The van der Waals surface area contributed by atoms with Crippen molar-refractivity contribution in [2.75, 3.05) is 0 Å². The highest BCUT2D eigenvalue weighted by molar-refractivity contribution is 6.16. The van der Waals surface area contributed by atoms with E-state index in [9.17, 15) is 0 Å². The van der Waals surface area contributed by atoms with E-state index >= 15 is 0 Å². The molecular formula is C48H28N4. The Morgan fingerprint density at radius 3 is 1.58 bits per heavy atom. The quantitative estimate of drug-likeness (QED) is 0.140. The van der Waals surface area contributed by atoms with Gasteiger partial charge < -0.3 is 0 Å². The topological polar surface area (TPSA) is 51.6 Å². The fourth-order valence-electron chi connectivity index (χ4n) is 7.89. The highest BCUT2D eigenvalue weighted by Gasteiger charge is 2.15. The van der Waals surface area contributed by atoms with E-state index in [2.05, 4.69) is 163 Å². The summed E-state index contributed by atoms with van der Waals surface area (Å²) in [7, 11) is 0. The minimum atomic E-state index is 0.912. The monoisotopic (exact) mass is 660 g/mol. The molecule has 0 unspecified atom stereocenters. The first-order chi connectivity index (χ1) is 25.7. The predicted octanol–water partition coefficient (Wildman–Crippen LogP) is 12.3. The van der Waals surface area contributed by atoms with Gasteiger partial charge in [0.2, 0.25) is 0 Å². The zero-order chi connectivity index (χ0) is 34.2. The zero-order valence-electron chi connectivity index (χ0n) is 28.0. The summed E-state index contributed by atoms with van der Waals surface area (Å²) in [4.78, 5) is 20.2. The lowest BCUT2D eigenvalue weighted by Gasteiger charge is -2.13. The first-order valence-electron chi connectivity index (χ1n) is 17.5. The molecule has 0 N–H and O–H groups in total. The van der Waals surface area contributed by atoms with Crippen LogP contribution >= 0.6 is 0 Å². The minimum absolute atomic E-state index is 0.912. The number of aromatic nitrogens is 4. The lowest BCUT2D eigenvalue weighted by Crippen LogP contribution is -1.93. The van der Waals surface area contributed by atoms with Gasteiger partial charge in [0.15, 0.2) is 0 Å². The van der Waals surface area contributed by atoms with E-state index in [-0.39, 0.29) is 0 Å². The van der Waals surface area contributed by atoms with Crippen LogP contribution in [0.3, 0.4) is 0 Å². The summed E-state index contributed by atoms with van der Waals surface area (Å²) in [6.45, 7) is 0. The lowest BCUT2D eigenvalue weighted by atomic mass is 9.95. The molecule has 11 rings (SSSR count). The third-order valence-corrected chi connectivity index (χ3v) is 10.4. The molecule has 0 fully saturated rings. The molecule has 4 heteroatoms. The molecule has 0 amide bonds. The Morgan fingerprint density at radius 2 is 0.865 bits per heavy atom. The summed E-state index contributed by atoms with van der Waals surface area (Å²) >= 11 is 0. The van der Waals surface area contributed by atoms with Crippen molar-refractivity contribution in [1.29, 1.82) is 0 Å². The second kappa shape index (κ2) is 11.2. The zero-order valence-corrected chi connectivity index (χ0v) is 28.0. The third kappa shape index (κ3) is 4.48. The average molecular weight is 661 g/mol. The molecular weight excluding hydrogens is 633 g/mol. The maximum Gasteiger partial charge on any atom is 0.0978 e. The molecule has 0 aliphatic carbocycles. The van der Waals surface area contributed by atoms with Gasteiger partial charge in [-0.15, -0.1) is 0 Å². The van der Waals surface area contributed by atoms with Crippen LogP contribution in [0.5, 0.6) is 0 Å². The van der Waals surface area contributed by atoms with Crippen LogP contribution in [-0.2, 0) is 0 Å². The summed E-state index contributed by atoms with van der Waals surface area (Å²) < 4.78 is 0. The van der Waals surface area contributed by atoms with Gasteiger partial charge in [-0.1, -0.05) is 127 Å². The Hall–Kier alpha value is -7.04. The molecule has 0 saturated heterocycles.